The van der Waals surface area contributed by atoms with E-state index in [1.807, 2.05) is 19.1 Å². The number of rotatable bonds is 5. The number of benzene rings is 2. The maximum atomic E-state index is 12.8. The summed E-state index contributed by atoms with van der Waals surface area (Å²) in [4.78, 5) is 12.4. The first-order chi connectivity index (χ1) is 14.0. The minimum Gasteiger partial charge on any atom is -0.326 e. The summed E-state index contributed by atoms with van der Waals surface area (Å²) < 4.78 is 65.1. The van der Waals surface area contributed by atoms with Gasteiger partial charge in [0.25, 0.3) is 0 Å². The smallest absolute Gasteiger partial charge is 0.326 e. The standard InChI is InChI=1S/C21H23F3N2O3S/c1-15-5-7-16(8-6-15)14-30(28,29)26-11-9-17(10-12-26)20(27)25-19-4-2-3-18(13-19)21(22,23)24/h2-8,13,17H,9-12,14H2,1H3,(H,25,27). The van der Waals surface area contributed by atoms with Crippen LogP contribution in [0.2, 0.25) is 0 Å². The molecule has 5 nitrogen and oxygen atoms in total. The number of hydrogen-bond acceptors (Lipinski definition) is 3. The van der Waals surface area contributed by atoms with Crippen molar-refractivity contribution in [2.75, 3.05) is 18.4 Å². The number of halogens is 3. The van der Waals surface area contributed by atoms with Gasteiger partial charge in [-0.05, 0) is 43.5 Å². The summed E-state index contributed by atoms with van der Waals surface area (Å²) in [6.45, 7) is 2.33. The van der Waals surface area contributed by atoms with Gasteiger partial charge in [-0.3, -0.25) is 4.79 Å². The van der Waals surface area contributed by atoms with E-state index >= 15 is 0 Å². The molecule has 0 unspecified atom stereocenters. The Morgan fingerprint density at radius 2 is 1.73 bits per heavy atom. The van der Waals surface area contributed by atoms with Crippen molar-refractivity contribution in [3.63, 3.8) is 0 Å². The molecular formula is C21H23F3N2O3S. The van der Waals surface area contributed by atoms with Gasteiger partial charge in [-0.25, -0.2) is 12.7 Å². The Labute approximate surface area is 173 Å². The van der Waals surface area contributed by atoms with E-state index in [9.17, 15) is 26.4 Å². The second-order valence-electron chi connectivity index (χ2n) is 7.48. The van der Waals surface area contributed by atoms with Crippen molar-refractivity contribution in [2.24, 2.45) is 5.92 Å². The summed E-state index contributed by atoms with van der Waals surface area (Å²) >= 11 is 0. The Bertz CT molecular complexity index is 997. The summed E-state index contributed by atoms with van der Waals surface area (Å²) in [5, 5.41) is 2.52. The maximum Gasteiger partial charge on any atom is 0.416 e. The first-order valence-corrected chi connectivity index (χ1v) is 11.2. The molecule has 1 amide bonds. The van der Waals surface area contributed by atoms with Crippen molar-refractivity contribution in [3.8, 4) is 0 Å². The van der Waals surface area contributed by atoms with E-state index in [0.29, 0.717) is 18.4 Å². The van der Waals surface area contributed by atoms with Gasteiger partial charge in [0.1, 0.15) is 0 Å². The average Bonchev–Trinajstić information content (AvgIpc) is 2.69. The van der Waals surface area contributed by atoms with Gasteiger partial charge in [-0.2, -0.15) is 13.2 Å². The molecule has 2 aromatic rings. The van der Waals surface area contributed by atoms with Crippen LogP contribution in [0.3, 0.4) is 0 Å². The van der Waals surface area contributed by atoms with Crippen molar-refractivity contribution in [2.45, 2.75) is 31.7 Å². The molecule has 0 bridgehead atoms. The summed E-state index contributed by atoms with van der Waals surface area (Å²) in [5.74, 6) is -0.954. The molecule has 0 aromatic heterocycles. The predicted octanol–water partition coefficient (Wildman–Crippen LogP) is 4.19. The Morgan fingerprint density at radius 3 is 2.33 bits per heavy atom. The Balaban J connectivity index is 1.57. The van der Waals surface area contributed by atoms with Crippen LogP contribution in [0.1, 0.15) is 29.5 Å². The van der Waals surface area contributed by atoms with Gasteiger partial charge < -0.3 is 5.32 Å². The number of carbonyl (C=O) groups is 1. The van der Waals surface area contributed by atoms with Crippen LogP contribution in [0.25, 0.3) is 0 Å². The molecule has 0 aliphatic carbocycles. The van der Waals surface area contributed by atoms with E-state index < -0.39 is 33.6 Å². The van der Waals surface area contributed by atoms with E-state index in [1.54, 1.807) is 12.1 Å². The molecule has 1 aliphatic heterocycles. The van der Waals surface area contributed by atoms with Crippen LogP contribution in [-0.4, -0.2) is 31.7 Å². The molecule has 1 fully saturated rings. The van der Waals surface area contributed by atoms with Crippen LogP contribution >= 0.6 is 0 Å². The molecule has 0 spiro atoms. The largest absolute Gasteiger partial charge is 0.416 e. The van der Waals surface area contributed by atoms with Crippen molar-refractivity contribution in [3.05, 3.63) is 65.2 Å². The molecule has 2 aromatic carbocycles. The zero-order chi connectivity index (χ0) is 21.9. The molecule has 3 rings (SSSR count). The molecular weight excluding hydrogens is 417 g/mol. The molecule has 1 saturated heterocycles. The lowest BCUT2D eigenvalue weighted by Gasteiger charge is -2.30. The fourth-order valence-electron chi connectivity index (χ4n) is 3.40. The van der Waals surface area contributed by atoms with E-state index in [1.165, 1.54) is 16.4 Å². The Hall–Kier alpha value is -2.39. The van der Waals surface area contributed by atoms with Gasteiger partial charge in [0, 0.05) is 24.7 Å². The van der Waals surface area contributed by atoms with Crippen LogP contribution < -0.4 is 5.32 Å². The van der Waals surface area contributed by atoms with Gasteiger partial charge in [0.15, 0.2) is 0 Å². The SMILES string of the molecule is Cc1ccc(CS(=O)(=O)N2CCC(C(=O)Nc3cccc(C(F)(F)F)c3)CC2)cc1. The molecule has 1 heterocycles. The number of nitrogens with zero attached hydrogens (tertiary/aromatic N) is 1. The average molecular weight is 440 g/mol. The molecule has 0 radical (unpaired) electrons. The highest BCUT2D eigenvalue weighted by Gasteiger charge is 2.32. The molecule has 30 heavy (non-hydrogen) atoms. The van der Waals surface area contributed by atoms with Crippen molar-refractivity contribution in [1.29, 1.82) is 0 Å². The number of hydrogen-bond donors (Lipinski definition) is 1. The zero-order valence-corrected chi connectivity index (χ0v) is 17.3. The topological polar surface area (TPSA) is 66.5 Å². The van der Waals surface area contributed by atoms with Crippen LogP contribution in [0.5, 0.6) is 0 Å². The minimum absolute atomic E-state index is 0.0734. The molecule has 162 valence electrons. The number of sulfonamides is 1. The number of carbonyl (C=O) groups excluding carboxylic acids is 1. The molecule has 0 saturated carbocycles. The summed E-state index contributed by atoms with van der Waals surface area (Å²) in [6, 6.07) is 11.7. The van der Waals surface area contributed by atoms with Crippen molar-refractivity contribution >= 4 is 21.6 Å². The lowest BCUT2D eigenvalue weighted by atomic mass is 9.97. The van der Waals surface area contributed by atoms with Gasteiger partial charge in [0.05, 0.1) is 11.3 Å². The highest BCUT2D eigenvalue weighted by molar-refractivity contribution is 7.88. The third kappa shape index (κ3) is 5.60. The number of piperidine rings is 1. The molecule has 0 atom stereocenters. The lowest BCUT2D eigenvalue weighted by molar-refractivity contribution is -0.137. The second kappa shape index (κ2) is 8.77. The van der Waals surface area contributed by atoms with Crippen molar-refractivity contribution < 1.29 is 26.4 Å². The fourth-order valence-corrected chi connectivity index (χ4v) is 4.96. The number of anilines is 1. The highest BCUT2D eigenvalue weighted by atomic mass is 32.2. The maximum absolute atomic E-state index is 12.8. The summed E-state index contributed by atoms with van der Waals surface area (Å²) in [6.07, 6.45) is -3.85. The molecule has 9 heteroatoms. The van der Waals surface area contributed by atoms with E-state index in [0.717, 1.165) is 17.7 Å². The Morgan fingerprint density at radius 1 is 1.10 bits per heavy atom. The summed E-state index contributed by atoms with van der Waals surface area (Å²) in [5.41, 5.74) is 0.982. The van der Waals surface area contributed by atoms with Crippen LogP contribution in [0.15, 0.2) is 48.5 Å². The minimum atomic E-state index is -4.49. The third-order valence-electron chi connectivity index (χ3n) is 5.15. The van der Waals surface area contributed by atoms with Crippen LogP contribution in [0.4, 0.5) is 18.9 Å². The quantitative estimate of drug-likeness (QED) is 0.758. The first-order valence-electron chi connectivity index (χ1n) is 9.56. The Kier molecular flexibility index (Phi) is 6.52. The van der Waals surface area contributed by atoms with Crippen LogP contribution in [0, 0.1) is 12.8 Å². The normalized spacial score (nSPS) is 16.4. The van der Waals surface area contributed by atoms with E-state index in [2.05, 4.69) is 5.32 Å². The second-order valence-corrected chi connectivity index (χ2v) is 9.45. The fraction of sp³-hybridized carbons (Fsp3) is 0.381. The summed E-state index contributed by atoms with van der Waals surface area (Å²) in [7, 11) is -3.50. The number of nitrogens with one attached hydrogen (secondary N) is 1. The molecule has 1 aliphatic rings. The van der Waals surface area contributed by atoms with E-state index in [4.69, 9.17) is 0 Å². The van der Waals surface area contributed by atoms with Gasteiger partial charge in [-0.1, -0.05) is 35.9 Å². The monoisotopic (exact) mass is 440 g/mol. The number of alkyl halides is 3. The van der Waals surface area contributed by atoms with Gasteiger partial charge in [-0.15, -0.1) is 0 Å². The lowest BCUT2D eigenvalue weighted by Crippen LogP contribution is -2.41. The first kappa shape index (κ1) is 22.3. The van der Waals surface area contributed by atoms with Crippen molar-refractivity contribution in [1.82, 2.24) is 4.31 Å². The van der Waals surface area contributed by atoms with Gasteiger partial charge in [0.2, 0.25) is 15.9 Å². The number of amides is 1. The zero-order valence-electron chi connectivity index (χ0n) is 16.4. The predicted molar refractivity (Wildman–Crippen MR) is 108 cm³/mol. The molecule has 1 N–H and O–H groups in total. The number of aryl methyl sites for hydroxylation is 1. The van der Waals surface area contributed by atoms with E-state index in [-0.39, 0.29) is 24.5 Å². The van der Waals surface area contributed by atoms with Gasteiger partial charge >= 0.3 is 6.18 Å². The highest BCUT2D eigenvalue weighted by Crippen LogP contribution is 2.31. The third-order valence-corrected chi connectivity index (χ3v) is 7.00. The van der Waals surface area contributed by atoms with Crippen LogP contribution in [-0.2, 0) is 26.7 Å².